The maximum Gasteiger partial charge on any atom is 0.254 e. The number of carbonyl (C=O) groups excluding carboxylic acids is 1. The van der Waals surface area contributed by atoms with Crippen molar-refractivity contribution >= 4 is 17.4 Å². The lowest BCUT2D eigenvalue weighted by molar-refractivity contribution is -0.145. The molecule has 0 aliphatic carbocycles. The first-order valence-corrected chi connectivity index (χ1v) is 10.9. The zero-order chi connectivity index (χ0) is 21.6. The van der Waals surface area contributed by atoms with Crippen molar-refractivity contribution in [3.8, 4) is 11.3 Å². The van der Waals surface area contributed by atoms with E-state index in [1.807, 2.05) is 12.1 Å². The Bertz CT molecular complexity index is 914. The lowest BCUT2D eigenvalue weighted by Crippen LogP contribution is -2.46. The number of ketones is 1. The van der Waals surface area contributed by atoms with Crippen LogP contribution in [0.5, 0.6) is 0 Å². The topological polar surface area (TPSA) is 81.4 Å². The summed E-state index contributed by atoms with van der Waals surface area (Å²) in [6.45, 7) is 3.11. The van der Waals surface area contributed by atoms with E-state index in [4.69, 9.17) is 21.3 Å². The lowest BCUT2D eigenvalue weighted by Gasteiger charge is -2.39. The van der Waals surface area contributed by atoms with E-state index in [1.54, 1.807) is 12.1 Å². The maximum atomic E-state index is 12.9. The van der Waals surface area contributed by atoms with Crippen LogP contribution in [0.3, 0.4) is 0 Å². The van der Waals surface area contributed by atoms with Gasteiger partial charge in [-0.25, -0.2) is 4.98 Å². The summed E-state index contributed by atoms with van der Waals surface area (Å²) in [4.78, 5) is 30.2. The van der Waals surface area contributed by atoms with Gasteiger partial charge in [0.15, 0.2) is 5.78 Å². The fourth-order valence-corrected chi connectivity index (χ4v) is 3.71. The van der Waals surface area contributed by atoms with Gasteiger partial charge < -0.3 is 9.84 Å². The number of aromatic nitrogens is 2. The molecule has 1 aromatic carbocycles. The molecule has 1 N–H and O–H groups in total. The molecule has 0 radical (unpaired) electrons. The van der Waals surface area contributed by atoms with Crippen LogP contribution in [0.4, 0.5) is 0 Å². The average Bonchev–Trinajstić information content (AvgIpc) is 2.70. The zero-order valence-electron chi connectivity index (χ0n) is 17.4. The molecule has 162 valence electrons. The number of aliphatic hydroxyl groups is 1. The molecule has 1 aliphatic heterocycles. The maximum absolute atomic E-state index is 12.9. The molecule has 7 heteroatoms. The molecule has 0 saturated carbocycles. The third-order valence-electron chi connectivity index (χ3n) is 5.65. The van der Waals surface area contributed by atoms with E-state index >= 15 is 0 Å². The van der Waals surface area contributed by atoms with Gasteiger partial charge >= 0.3 is 0 Å². The first-order chi connectivity index (χ1) is 14.5. The number of ether oxygens (including phenoxy) is 1. The Morgan fingerprint density at radius 2 is 2.00 bits per heavy atom. The van der Waals surface area contributed by atoms with Gasteiger partial charge in [0.05, 0.1) is 32.1 Å². The van der Waals surface area contributed by atoms with Crippen LogP contribution in [-0.2, 0) is 22.5 Å². The fourth-order valence-electron chi connectivity index (χ4n) is 3.58. The molecule has 6 nitrogen and oxygen atoms in total. The highest BCUT2D eigenvalue weighted by atomic mass is 35.5. The van der Waals surface area contributed by atoms with E-state index in [2.05, 4.69) is 6.92 Å². The molecule has 1 saturated heterocycles. The number of nitrogens with zero attached hydrogens (tertiary/aromatic N) is 2. The SMILES string of the molecule is CCCCCc1nc(-c2ccc(Cl)cc2)cc(=O)n1CC(=O)CCC1(CO)COC1. The van der Waals surface area contributed by atoms with Gasteiger partial charge in [0.2, 0.25) is 0 Å². The molecule has 1 aliphatic rings. The molecule has 0 atom stereocenters. The molecule has 0 unspecified atom stereocenters. The molecule has 0 amide bonds. The molecule has 1 aromatic heterocycles. The molecule has 2 heterocycles. The van der Waals surface area contributed by atoms with Crippen LogP contribution in [-0.4, -0.2) is 40.3 Å². The predicted molar refractivity (Wildman–Crippen MR) is 117 cm³/mol. The van der Waals surface area contributed by atoms with Crippen LogP contribution in [0.15, 0.2) is 35.1 Å². The Morgan fingerprint density at radius 1 is 1.27 bits per heavy atom. The summed E-state index contributed by atoms with van der Waals surface area (Å²) in [5, 5.41) is 10.2. The number of hydrogen-bond donors (Lipinski definition) is 1. The smallest absolute Gasteiger partial charge is 0.254 e. The van der Waals surface area contributed by atoms with Crippen LogP contribution >= 0.6 is 11.6 Å². The Hall–Kier alpha value is -2.02. The van der Waals surface area contributed by atoms with Crippen LogP contribution in [0.2, 0.25) is 5.02 Å². The van der Waals surface area contributed by atoms with Crippen molar-refractivity contribution in [3.63, 3.8) is 0 Å². The molecule has 0 bridgehead atoms. The average molecular weight is 433 g/mol. The van der Waals surface area contributed by atoms with Gasteiger partial charge in [-0.15, -0.1) is 0 Å². The van der Waals surface area contributed by atoms with Crippen molar-refractivity contribution in [3.05, 3.63) is 51.5 Å². The second kappa shape index (κ2) is 10.3. The third kappa shape index (κ3) is 5.56. The third-order valence-corrected chi connectivity index (χ3v) is 5.90. The van der Waals surface area contributed by atoms with E-state index in [0.717, 1.165) is 24.8 Å². The number of benzene rings is 1. The molecular formula is C23H29ClN2O4. The number of rotatable bonds is 11. The molecule has 0 spiro atoms. The number of hydrogen-bond acceptors (Lipinski definition) is 5. The van der Waals surface area contributed by atoms with Crippen molar-refractivity contribution in [1.29, 1.82) is 0 Å². The number of Topliss-reactive ketones (excluding diaryl/α,β-unsaturated/α-hetero) is 1. The Morgan fingerprint density at radius 3 is 2.60 bits per heavy atom. The highest BCUT2D eigenvalue weighted by molar-refractivity contribution is 6.30. The standard InChI is InChI=1S/C23H29ClN2O4/c1-2-3-4-5-21-25-20(17-6-8-18(24)9-7-17)12-22(29)26(21)13-19(28)10-11-23(14-27)15-30-16-23/h6-9,12,27H,2-5,10-11,13-16H2,1H3. The number of aliphatic hydroxyl groups excluding tert-OH is 1. The minimum Gasteiger partial charge on any atom is -0.396 e. The summed E-state index contributed by atoms with van der Waals surface area (Å²) in [5.74, 6) is 0.604. The van der Waals surface area contributed by atoms with Gasteiger partial charge in [-0.05, 0) is 25.0 Å². The van der Waals surface area contributed by atoms with Crippen molar-refractivity contribution in [2.75, 3.05) is 19.8 Å². The molecule has 30 heavy (non-hydrogen) atoms. The lowest BCUT2D eigenvalue weighted by atomic mass is 9.81. The van der Waals surface area contributed by atoms with Crippen molar-refractivity contribution < 1.29 is 14.6 Å². The minimum atomic E-state index is -0.304. The van der Waals surface area contributed by atoms with E-state index < -0.39 is 0 Å². The van der Waals surface area contributed by atoms with Crippen molar-refractivity contribution in [2.24, 2.45) is 5.41 Å². The highest BCUT2D eigenvalue weighted by Crippen LogP contribution is 2.32. The van der Waals surface area contributed by atoms with Gasteiger partial charge in [-0.2, -0.15) is 0 Å². The molecular weight excluding hydrogens is 404 g/mol. The first kappa shape index (κ1) is 22.7. The largest absolute Gasteiger partial charge is 0.396 e. The molecule has 1 fully saturated rings. The number of aryl methyl sites for hydroxylation is 1. The zero-order valence-corrected chi connectivity index (χ0v) is 18.2. The number of halogens is 1. The Labute approximate surface area is 181 Å². The summed E-state index contributed by atoms with van der Waals surface area (Å²) in [6.07, 6.45) is 4.53. The Balaban J connectivity index is 1.79. The van der Waals surface area contributed by atoms with Crippen molar-refractivity contribution in [1.82, 2.24) is 9.55 Å². The first-order valence-electron chi connectivity index (χ1n) is 10.5. The van der Waals surface area contributed by atoms with Gasteiger partial charge in [0, 0.05) is 34.9 Å². The van der Waals surface area contributed by atoms with Crippen LogP contribution in [0.1, 0.15) is 44.9 Å². The van der Waals surface area contributed by atoms with Gasteiger partial charge in [-0.1, -0.05) is 43.5 Å². The van der Waals surface area contributed by atoms with Crippen LogP contribution in [0.25, 0.3) is 11.3 Å². The summed E-state index contributed by atoms with van der Waals surface area (Å²) in [6, 6.07) is 8.70. The molecule has 3 rings (SSSR count). The van der Waals surface area contributed by atoms with Gasteiger partial charge in [0.25, 0.3) is 5.56 Å². The van der Waals surface area contributed by atoms with E-state index in [0.29, 0.717) is 49.0 Å². The molecule has 2 aromatic rings. The summed E-state index contributed by atoms with van der Waals surface area (Å²) in [7, 11) is 0. The number of unbranched alkanes of at least 4 members (excludes halogenated alkanes) is 2. The summed E-state index contributed by atoms with van der Waals surface area (Å²) >= 11 is 5.97. The fraction of sp³-hybridized carbons (Fsp3) is 0.522. The van der Waals surface area contributed by atoms with E-state index in [9.17, 15) is 14.7 Å². The van der Waals surface area contributed by atoms with Crippen molar-refractivity contribution in [2.45, 2.75) is 52.0 Å². The van der Waals surface area contributed by atoms with E-state index in [1.165, 1.54) is 10.6 Å². The monoisotopic (exact) mass is 432 g/mol. The van der Waals surface area contributed by atoms with Gasteiger partial charge in [0.1, 0.15) is 5.82 Å². The van der Waals surface area contributed by atoms with Gasteiger partial charge in [-0.3, -0.25) is 14.2 Å². The minimum absolute atomic E-state index is 0.0105. The predicted octanol–water partition coefficient (Wildman–Crippen LogP) is 3.65. The summed E-state index contributed by atoms with van der Waals surface area (Å²) < 4.78 is 6.69. The van der Waals surface area contributed by atoms with E-state index in [-0.39, 0.29) is 29.9 Å². The highest BCUT2D eigenvalue weighted by Gasteiger charge is 2.38. The number of carbonyl (C=O) groups is 1. The van der Waals surface area contributed by atoms with Crippen LogP contribution < -0.4 is 5.56 Å². The second-order valence-electron chi connectivity index (χ2n) is 8.14. The normalized spacial score (nSPS) is 15.0. The second-order valence-corrected chi connectivity index (χ2v) is 8.57. The Kier molecular flexibility index (Phi) is 7.81. The van der Waals surface area contributed by atoms with Crippen LogP contribution in [0, 0.1) is 5.41 Å². The quantitative estimate of drug-likeness (QED) is 0.548. The summed E-state index contributed by atoms with van der Waals surface area (Å²) in [5.41, 5.74) is 0.888.